The number of para-hydroxylation sites is 2. The molecule has 0 aliphatic heterocycles. The maximum atomic E-state index is 2.43. The van der Waals surface area contributed by atoms with Gasteiger partial charge in [-0.1, -0.05) is 45.2 Å². The van der Waals surface area contributed by atoms with Gasteiger partial charge in [0.25, 0.3) is 0 Å². The van der Waals surface area contributed by atoms with Crippen LogP contribution in [0, 0.1) is 0 Å². The van der Waals surface area contributed by atoms with E-state index in [1.165, 1.54) is 49.6 Å². The van der Waals surface area contributed by atoms with E-state index in [-0.39, 0.29) is 0 Å². The quantitative estimate of drug-likeness (QED) is 0.493. The first-order chi connectivity index (χ1) is 9.36. The number of aromatic nitrogens is 2. The Hall–Kier alpha value is -1.31. The van der Waals surface area contributed by atoms with E-state index >= 15 is 0 Å². The van der Waals surface area contributed by atoms with Gasteiger partial charge in [-0.2, -0.15) is 0 Å². The Bertz CT molecular complexity index is 499. The third-order valence-corrected chi connectivity index (χ3v) is 3.75. The number of hydrogen-bond donors (Lipinski definition) is 0. The molecule has 104 valence electrons. The summed E-state index contributed by atoms with van der Waals surface area (Å²) in [6, 6.07) is 8.76. The van der Waals surface area contributed by atoms with E-state index < -0.39 is 0 Å². The summed E-state index contributed by atoms with van der Waals surface area (Å²) in [6.45, 7) is 6.78. The van der Waals surface area contributed by atoms with Gasteiger partial charge >= 0.3 is 0 Å². The van der Waals surface area contributed by atoms with Crippen molar-refractivity contribution in [3.8, 4) is 0 Å². The van der Waals surface area contributed by atoms with Crippen LogP contribution in [0.5, 0.6) is 0 Å². The number of benzene rings is 1. The Labute approximate surface area is 117 Å². The minimum atomic E-state index is 1.11. The highest BCUT2D eigenvalue weighted by Crippen LogP contribution is 2.13. The lowest BCUT2D eigenvalue weighted by Crippen LogP contribution is -2.31. The molecule has 0 saturated carbocycles. The van der Waals surface area contributed by atoms with Crippen LogP contribution in [0.25, 0.3) is 11.0 Å². The second kappa shape index (κ2) is 7.32. The second-order valence-electron chi connectivity index (χ2n) is 5.41. The SMILES string of the molecule is CCCCCCCn1c[n+](CCC)c2ccccc21. The highest BCUT2D eigenvalue weighted by atomic mass is 15.1. The Kier molecular flexibility index (Phi) is 5.44. The zero-order valence-corrected chi connectivity index (χ0v) is 12.4. The summed E-state index contributed by atoms with van der Waals surface area (Å²) in [5, 5.41) is 0. The summed E-state index contributed by atoms with van der Waals surface area (Å²) in [7, 11) is 0. The summed E-state index contributed by atoms with van der Waals surface area (Å²) < 4.78 is 4.82. The van der Waals surface area contributed by atoms with E-state index in [4.69, 9.17) is 0 Å². The average molecular weight is 259 g/mol. The maximum Gasteiger partial charge on any atom is 0.244 e. The Morgan fingerprint density at radius 3 is 2.53 bits per heavy atom. The van der Waals surface area contributed by atoms with Gasteiger partial charge in [-0.3, -0.25) is 0 Å². The van der Waals surface area contributed by atoms with Crippen LogP contribution in [0.2, 0.25) is 0 Å². The molecule has 19 heavy (non-hydrogen) atoms. The maximum absolute atomic E-state index is 2.43. The normalized spacial score (nSPS) is 11.3. The van der Waals surface area contributed by atoms with E-state index in [2.05, 4.69) is 53.6 Å². The summed E-state index contributed by atoms with van der Waals surface area (Å²) in [6.07, 6.45) is 10.2. The van der Waals surface area contributed by atoms with Gasteiger partial charge in [-0.05, 0) is 31.4 Å². The van der Waals surface area contributed by atoms with Gasteiger partial charge in [0.1, 0.15) is 0 Å². The number of hydrogen-bond acceptors (Lipinski definition) is 0. The van der Waals surface area contributed by atoms with Crippen LogP contribution < -0.4 is 4.57 Å². The van der Waals surface area contributed by atoms with E-state index in [9.17, 15) is 0 Å². The van der Waals surface area contributed by atoms with Gasteiger partial charge in [0.15, 0.2) is 11.0 Å². The van der Waals surface area contributed by atoms with Crippen molar-refractivity contribution in [1.29, 1.82) is 0 Å². The van der Waals surface area contributed by atoms with Crippen LogP contribution in [0.1, 0.15) is 52.4 Å². The number of fused-ring (bicyclic) bond motifs is 1. The zero-order valence-electron chi connectivity index (χ0n) is 12.4. The summed E-state index contributed by atoms with van der Waals surface area (Å²) >= 11 is 0. The first-order valence-corrected chi connectivity index (χ1v) is 7.84. The molecule has 2 heteroatoms. The van der Waals surface area contributed by atoms with Gasteiger partial charge < -0.3 is 0 Å². The molecule has 0 radical (unpaired) electrons. The lowest BCUT2D eigenvalue weighted by Gasteiger charge is -1.98. The Morgan fingerprint density at radius 1 is 0.947 bits per heavy atom. The van der Waals surface area contributed by atoms with Gasteiger partial charge in [0.05, 0.1) is 13.1 Å². The second-order valence-corrected chi connectivity index (χ2v) is 5.41. The van der Waals surface area contributed by atoms with E-state index in [1.807, 2.05) is 0 Å². The van der Waals surface area contributed by atoms with Crippen LogP contribution in [0.4, 0.5) is 0 Å². The van der Waals surface area contributed by atoms with Gasteiger partial charge in [0.2, 0.25) is 6.33 Å². The standard InChI is InChI=1S/C17H27N2/c1-3-5-6-7-10-14-19-15-18(13-4-2)16-11-8-9-12-17(16)19/h8-9,11-12,15H,3-7,10,13-14H2,1-2H3/q+1. The highest BCUT2D eigenvalue weighted by Gasteiger charge is 2.13. The molecule has 0 atom stereocenters. The fourth-order valence-electron chi connectivity index (χ4n) is 2.73. The van der Waals surface area contributed by atoms with Crippen molar-refractivity contribution in [1.82, 2.24) is 4.57 Å². The molecule has 0 N–H and O–H groups in total. The number of imidazole rings is 1. The minimum Gasteiger partial charge on any atom is -0.230 e. The third-order valence-electron chi connectivity index (χ3n) is 3.75. The summed E-state index contributed by atoms with van der Waals surface area (Å²) in [5.41, 5.74) is 2.75. The zero-order chi connectivity index (χ0) is 13.5. The summed E-state index contributed by atoms with van der Waals surface area (Å²) in [4.78, 5) is 0. The smallest absolute Gasteiger partial charge is 0.230 e. The molecule has 1 aromatic carbocycles. The van der Waals surface area contributed by atoms with E-state index in [1.54, 1.807) is 0 Å². The number of nitrogens with zero attached hydrogens (tertiary/aromatic N) is 2. The number of rotatable bonds is 8. The topological polar surface area (TPSA) is 8.81 Å². The Morgan fingerprint density at radius 2 is 1.74 bits per heavy atom. The predicted octanol–water partition coefficient (Wildman–Crippen LogP) is 4.31. The van der Waals surface area contributed by atoms with Crippen molar-refractivity contribution in [3.63, 3.8) is 0 Å². The fourth-order valence-corrected chi connectivity index (χ4v) is 2.73. The van der Waals surface area contributed by atoms with Crippen molar-refractivity contribution >= 4 is 11.0 Å². The fraction of sp³-hybridized carbons (Fsp3) is 0.588. The largest absolute Gasteiger partial charge is 0.244 e. The first-order valence-electron chi connectivity index (χ1n) is 7.84. The Balaban J connectivity index is 2.05. The van der Waals surface area contributed by atoms with Crippen molar-refractivity contribution < 1.29 is 4.57 Å². The molecule has 2 rings (SSSR count). The van der Waals surface area contributed by atoms with Crippen molar-refractivity contribution in [2.45, 2.75) is 65.5 Å². The molecule has 0 spiro atoms. The number of aryl methyl sites for hydroxylation is 2. The average Bonchev–Trinajstić information content (AvgIpc) is 2.78. The molecule has 0 amide bonds. The minimum absolute atomic E-state index is 1.11. The molecule has 2 aromatic rings. The monoisotopic (exact) mass is 259 g/mol. The molecule has 0 aliphatic carbocycles. The van der Waals surface area contributed by atoms with Gasteiger partial charge in [-0.25, -0.2) is 9.13 Å². The van der Waals surface area contributed by atoms with Crippen LogP contribution in [0.3, 0.4) is 0 Å². The molecule has 0 saturated heterocycles. The molecular weight excluding hydrogens is 232 g/mol. The predicted molar refractivity (Wildman–Crippen MR) is 81.2 cm³/mol. The van der Waals surface area contributed by atoms with Crippen molar-refractivity contribution in [2.24, 2.45) is 0 Å². The summed E-state index contributed by atoms with van der Waals surface area (Å²) in [5.74, 6) is 0. The lowest BCUT2D eigenvalue weighted by molar-refractivity contribution is -0.672. The highest BCUT2D eigenvalue weighted by molar-refractivity contribution is 5.71. The molecule has 2 nitrogen and oxygen atoms in total. The van der Waals surface area contributed by atoms with Crippen molar-refractivity contribution in [3.05, 3.63) is 30.6 Å². The molecule has 1 aromatic heterocycles. The molecular formula is C17H27N2+. The van der Waals surface area contributed by atoms with Crippen LogP contribution >= 0.6 is 0 Å². The van der Waals surface area contributed by atoms with Crippen molar-refractivity contribution in [2.75, 3.05) is 0 Å². The van der Waals surface area contributed by atoms with Crippen LogP contribution in [-0.2, 0) is 13.1 Å². The molecule has 0 unspecified atom stereocenters. The molecule has 0 fully saturated rings. The van der Waals surface area contributed by atoms with Gasteiger partial charge in [-0.15, -0.1) is 0 Å². The lowest BCUT2D eigenvalue weighted by atomic mass is 10.1. The molecule has 0 bridgehead atoms. The molecule has 1 heterocycles. The molecule has 0 aliphatic rings. The van der Waals surface area contributed by atoms with E-state index in [0.29, 0.717) is 0 Å². The number of unbranched alkanes of at least 4 members (excludes halogenated alkanes) is 4. The third kappa shape index (κ3) is 3.59. The van der Waals surface area contributed by atoms with Crippen LogP contribution in [0.15, 0.2) is 30.6 Å². The van der Waals surface area contributed by atoms with Gasteiger partial charge in [0, 0.05) is 0 Å². The van der Waals surface area contributed by atoms with Crippen LogP contribution in [-0.4, -0.2) is 4.57 Å². The first kappa shape index (κ1) is 14.1. The van der Waals surface area contributed by atoms with E-state index in [0.717, 1.165) is 13.1 Å².